The predicted molar refractivity (Wildman–Crippen MR) is 101 cm³/mol. The summed E-state index contributed by atoms with van der Waals surface area (Å²) in [5, 5.41) is 5.58. The fraction of sp³-hybridized carbons (Fsp3) is 0.211. The van der Waals surface area contributed by atoms with Gasteiger partial charge in [0.05, 0.1) is 12.7 Å². The van der Waals surface area contributed by atoms with E-state index in [2.05, 4.69) is 10.6 Å². The molecule has 0 saturated carbocycles. The highest BCUT2D eigenvalue weighted by Crippen LogP contribution is 2.17. The predicted octanol–water partition coefficient (Wildman–Crippen LogP) is 2.65. The number of halogens is 1. The Balaban J connectivity index is 1.83. The van der Waals surface area contributed by atoms with Gasteiger partial charge in [0.25, 0.3) is 11.8 Å². The molecular formula is C19H19ClN2O5. The molecule has 0 heterocycles. The first-order chi connectivity index (χ1) is 12.9. The highest BCUT2D eigenvalue weighted by Gasteiger charge is 2.19. The first kappa shape index (κ1) is 20.3. The van der Waals surface area contributed by atoms with E-state index in [0.29, 0.717) is 22.0 Å². The summed E-state index contributed by atoms with van der Waals surface area (Å²) in [6.45, 7) is 1.06. The lowest BCUT2D eigenvalue weighted by atomic mass is 10.2. The largest absolute Gasteiger partial charge is 0.496 e. The maximum atomic E-state index is 12.1. The van der Waals surface area contributed by atoms with Gasteiger partial charge in [-0.25, -0.2) is 0 Å². The van der Waals surface area contributed by atoms with Gasteiger partial charge >= 0.3 is 5.97 Å². The van der Waals surface area contributed by atoms with E-state index in [1.807, 2.05) is 0 Å². The van der Waals surface area contributed by atoms with Gasteiger partial charge in [0.1, 0.15) is 12.3 Å². The second-order valence-corrected chi connectivity index (χ2v) is 5.95. The Hall–Kier alpha value is -3.06. The maximum Gasteiger partial charge on any atom is 0.326 e. The highest BCUT2D eigenvalue weighted by atomic mass is 35.5. The maximum absolute atomic E-state index is 12.1. The minimum Gasteiger partial charge on any atom is -0.496 e. The van der Waals surface area contributed by atoms with Gasteiger partial charge in [-0.15, -0.1) is 0 Å². The van der Waals surface area contributed by atoms with E-state index in [1.54, 1.807) is 48.5 Å². The van der Waals surface area contributed by atoms with Crippen LogP contribution in [0.25, 0.3) is 0 Å². The van der Waals surface area contributed by atoms with Gasteiger partial charge in [0.2, 0.25) is 0 Å². The monoisotopic (exact) mass is 390 g/mol. The Morgan fingerprint density at radius 2 is 1.74 bits per heavy atom. The van der Waals surface area contributed by atoms with Crippen LogP contribution in [0.5, 0.6) is 5.75 Å². The van der Waals surface area contributed by atoms with Crippen molar-refractivity contribution in [1.82, 2.24) is 5.32 Å². The summed E-state index contributed by atoms with van der Waals surface area (Å²) >= 11 is 5.78. The minimum atomic E-state index is -1.03. The van der Waals surface area contributed by atoms with E-state index in [4.69, 9.17) is 21.1 Å². The molecule has 2 rings (SSSR count). The lowest BCUT2D eigenvalue weighted by Gasteiger charge is -2.14. The molecule has 0 saturated heterocycles. The van der Waals surface area contributed by atoms with E-state index in [1.165, 1.54) is 14.0 Å². The lowest BCUT2D eigenvalue weighted by Crippen LogP contribution is -2.35. The second-order valence-electron chi connectivity index (χ2n) is 5.51. The molecule has 0 spiro atoms. The summed E-state index contributed by atoms with van der Waals surface area (Å²) < 4.78 is 10.1. The van der Waals surface area contributed by atoms with Crippen LogP contribution in [0.1, 0.15) is 17.3 Å². The van der Waals surface area contributed by atoms with E-state index in [9.17, 15) is 14.4 Å². The number of anilines is 1. The van der Waals surface area contributed by atoms with Crippen LogP contribution in [-0.4, -0.2) is 37.5 Å². The third kappa shape index (κ3) is 6.00. The number of hydrogen-bond acceptors (Lipinski definition) is 5. The average molecular weight is 391 g/mol. The third-order valence-electron chi connectivity index (χ3n) is 3.53. The van der Waals surface area contributed by atoms with Crippen molar-refractivity contribution in [2.75, 3.05) is 19.0 Å². The van der Waals surface area contributed by atoms with Crippen LogP contribution in [0.15, 0.2) is 48.5 Å². The molecule has 1 atom stereocenters. The molecule has 2 amide bonds. The molecule has 0 aliphatic heterocycles. The fourth-order valence-electron chi connectivity index (χ4n) is 2.15. The number of benzene rings is 2. The smallest absolute Gasteiger partial charge is 0.326 e. The molecule has 0 bridgehead atoms. The zero-order chi connectivity index (χ0) is 19.8. The van der Waals surface area contributed by atoms with Gasteiger partial charge in [-0.1, -0.05) is 23.7 Å². The number of rotatable bonds is 7. The van der Waals surface area contributed by atoms with Gasteiger partial charge in [0, 0.05) is 10.7 Å². The molecule has 0 unspecified atom stereocenters. The number of esters is 1. The zero-order valence-corrected chi connectivity index (χ0v) is 15.6. The molecule has 2 N–H and O–H groups in total. The van der Waals surface area contributed by atoms with Crippen LogP contribution in [0.3, 0.4) is 0 Å². The standard InChI is InChI=1S/C19H19ClN2O5/c1-12(18(24)22-14-9-7-13(20)8-10-14)27-17(23)11-21-19(25)15-5-3-4-6-16(15)26-2/h3-10,12H,11H2,1-2H3,(H,21,25)(H,22,24)/t12-/m1/s1. The van der Waals surface area contributed by atoms with Crippen molar-refractivity contribution < 1.29 is 23.9 Å². The van der Waals surface area contributed by atoms with Crippen molar-refractivity contribution in [1.29, 1.82) is 0 Å². The third-order valence-corrected chi connectivity index (χ3v) is 3.79. The Labute approximate surface area is 161 Å². The Morgan fingerprint density at radius 1 is 1.07 bits per heavy atom. The lowest BCUT2D eigenvalue weighted by molar-refractivity contribution is -0.152. The second kappa shape index (κ2) is 9.59. The zero-order valence-electron chi connectivity index (χ0n) is 14.8. The van der Waals surface area contributed by atoms with Crippen LogP contribution < -0.4 is 15.4 Å². The Kier molecular flexibility index (Phi) is 7.19. The summed E-state index contributed by atoms with van der Waals surface area (Å²) in [6.07, 6.45) is -1.03. The van der Waals surface area contributed by atoms with Gasteiger partial charge in [-0.2, -0.15) is 0 Å². The quantitative estimate of drug-likeness (QED) is 0.709. The van der Waals surface area contributed by atoms with Crippen molar-refractivity contribution in [2.24, 2.45) is 0 Å². The number of hydrogen-bond donors (Lipinski definition) is 2. The van der Waals surface area contributed by atoms with E-state index in [-0.39, 0.29) is 6.54 Å². The number of ether oxygens (including phenoxy) is 2. The summed E-state index contributed by atoms with van der Waals surface area (Å²) in [5.41, 5.74) is 0.818. The van der Waals surface area contributed by atoms with E-state index in [0.717, 1.165) is 0 Å². The Morgan fingerprint density at radius 3 is 2.41 bits per heavy atom. The van der Waals surface area contributed by atoms with Crippen molar-refractivity contribution >= 4 is 35.1 Å². The van der Waals surface area contributed by atoms with Crippen molar-refractivity contribution in [3.63, 3.8) is 0 Å². The number of nitrogens with one attached hydrogen (secondary N) is 2. The average Bonchev–Trinajstić information content (AvgIpc) is 2.67. The first-order valence-corrected chi connectivity index (χ1v) is 8.45. The summed E-state index contributed by atoms with van der Waals surface area (Å²) in [6, 6.07) is 13.1. The Bertz CT molecular complexity index is 823. The van der Waals surface area contributed by atoms with Gasteiger partial charge < -0.3 is 20.1 Å². The van der Waals surface area contributed by atoms with Crippen LogP contribution >= 0.6 is 11.6 Å². The summed E-state index contributed by atoms with van der Waals surface area (Å²) in [4.78, 5) is 36.1. The van der Waals surface area contributed by atoms with Crippen molar-refractivity contribution in [3.8, 4) is 5.75 Å². The molecular weight excluding hydrogens is 372 g/mol. The molecule has 7 nitrogen and oxygen atoms in total. The van der Waals surface area contributed by atoms with Crippen LogP contribution in [0.4, 0.5) is 5.69 Å². The van der Waals surface area contributed by atoms with Crippen LogP contribution in [-0.2, 0) is 14.3 Å². The number of methoxy groups -OCH3 is 1. The number of amides is 2. The first-order valence-electron chi connectivity index (χ1n) is 8.08. The molecule has 2 aromatic rings. The van der Waals surface area contributed by atoms with Crippen LogP contribution in [0.2, 0.25) is 5.02 Å². The molecule has 0 aliphatic rings. The topological polar surface area (TPSA) is 93.7 Å². The van der Waals surface area contributed by atoms with Crippen molar-refractivity contribution in [3.05, 3.63) is 59.1 Å². The van der Waals surface area contributed by atoms with Gasteiger partial charge in [0.15, 0.2) is 6.10 Å². The number of para-hydroxylation sites is 1. The molecule has 0 aromatic heterocycles. The number of carbonyl (C=O) groups excluding carboxylic acids is 3. The molecule has 2 aromatic carbocycles. The SMILES string of the molecule is COc1ccccc1C(=O)NCC(=O)O[C@H](C)C(=O)Nc1ccc(Cl)cc1. The van der Waals surface area contributed by atoms with Crippen LogP contribution in [0, 0.1) is 0 Å². The minimum absolute atomic E-state index is 0.293. The van der Waals surface area contributed by atoms with Gasteiger partial charge in [-0.3, -0.25) is 14.4 Å². The number of carbonyl (C=O) groups is 3. The molecule has 0 radical (unpaired) electrons. The van der Waals surface area contributed by atoms with E-state index >= 15 is 0 Å². The summed E-state index contributed by atoms with van der Waals surface area (Å²) in [7, 11) is 1.45. The molecule has 27 heavy (non-hydrogen) atoms. The van der Waals surface area contributed by atoms with E-state index < -0.39 is 23.9 Å². The molecule has 8 heteroatoms. The summed E-state index contributed by atoms with van der Waals surface area (Å²) in [5.74, 6) is -1.33. The molecule has 0 fully saturated rings. The highest BCUT2D eigenvalue weighted by molar-refractivity contribution is 6.30. The molecule has 0 aliphatic carbocycles. The normalized spacial score (nSPS) is 11.2. The molecule has 142 valence electrons. The fourth-order valence-corrected chi connectivity index (χ4v) is 2.28. The van der Waals surface area contributed by atoms with Crippen molar-refractivity contribution in [2.45, 2.75) is 13.0 Å². The van der Waals surface area contributed by atoms with Gasteiger partial charge in [-0.05, 0) is 43.3 Å².